The lowest BCUT2D eigenvalue weighted by molar-refractivity contribution is -0.143. The molecule has 0 atom stereocenters. The molecule has 0 heterocycles. The van der Waals surface area contributed by atoms with Gasteiger partial charge in [0.15, 0.2) is 0 Å². The van der Waals surface area contributed by atoms with Gasteiger partial charge in [-0.25, -0.2) is 9.59 Å². The third-order valence-electron chi connectivity index (χ3n) is 4.45. The fourth-order valence-electron chi connectivity index (χ4n) is 2.31. The van der Waals surface area contributed by atoms with Crippen LogP contribution in [0.25, 0.3) is 0 Å². The summed E-state index contributed by atoms with van der Waals surface area (Å²) in [6.45, 7) is 7.40. The summed E-state index contributed by atoms with van der Waals surface area (Å²) in [6.07, 6.45) is 7.07. The Labute approximate surface area is 162 Å². The Balaban J connectivity index is 2.81. The Kier molecular flexibility index (Phi) is 9.19. The van der Waals surface area contributed by atoms with Gasteiger partial charge in [-0.15, -0.1) is 0 Å². The highest BCUT2D eigenvalue weighted by Gasteiger charge is 2.22. The molecule has 1 aliphatic carbocycles. The first-order valence-corrected chi connectivity index (χ1v) is 9.56. The van der Waals surface area contributed by atoms with Crippen molar-refractivity contribution in [2.75, 3.05) is 26.4 Å². The van der Waals surface area contributed by atoms with Gasteiger partial charge in [0, 0.05) is 22.0 Å². The molecule has 0 spiro atoms. The van der Waals surface area contributed by atoms with E-state index in [2.05, 4.69) is 0 Å². The van der Waals surface area contributed by atoms with Gasteiger partial charge in [0.2, 0.25) is 0 Å². The second kappa shape index (κ2) is 10.6. The fraction of sp³-hybridized carbons (Fsp3) is 0.714. The van der Waals surface area contributed by atoms with Crippen LogP contribution in [0, 0.1) is 10.8 Å². The zero-order valence-electron chi connectivity index (χ0n) is 17.0. The Morgan fingerprint density at radius 1 is 0.815 bits per heavy atom. The second-order valence-electron chi connectivity index (χ2n) is 8.74. The van der Waals surface area contributed by atoms with E-state index < -0.39 is 22.8 Å². The lowest BCUT2D eigenvalue weighted by atomic mass is 9.96. The number of rotatable bonds is 8. The van der Waals surface area contributed by atoms with Crippen LogP contribution in [0.3, 0.4) is 0 Å². The van der Waals surface area contributed by atoms with Gasteiger partial charge in [-0.05, 0) is 25.7 Å². The van der Waals surface area contributed by atoms with Gasteiger partial charge in [0.25, 0.3) is 0 Å². The molecule has 0 fully saturated rings. The Morgan fingerprint density at radius 2 is 1.19 bits per heavy atom. The summed E-state index contributed by atoms with van der Waals surface area (Å²) in [5.74, 6) is -0.826. The highest BCUT2D eigenvalue weighted by atomic mass is 16.5. The quantitative estimate of drug-likeness (QED) is 0.627. The molecule has 0 bridgehead atoms. The van der Waals surface area contributed by atoms with Crippen LogP contribution >= 0.6 is 0 Å². The number of aliphatic hydroxyl groups excluding tert-OH is 2. The highest BCUT2D eigenvalue weighted by molar-refractivity contribution is 5.91. The monoisotopic (exact) mass is 382 g/mol. The lowest BCUT2D eigenvalue weighted by Crippen LogP contribution is -2.26. The molecule has 6 heteroatoms. The molecule has 1 aliphatic rings. The van der Waals surface area contributed by atoms with Crippen LogP contribution in [0.15, 0.2) is 23.3 Å². The van der Waals surface area contributed by atoms with Crippen molar-refractivity contribution in [2.24, 2.45) is 10.8 Å². The Hall–Kier alpha value is -1.66. The van der Waals surface area contributed by atoms with Gasteiger partial charge >= 0.3 is 11.9 Å². The van der Waals surface area contributed by atoms with Crippen molar-refractivity contribution >= 4 is 11.9 Å². The third kappa shape index (κ3) is 8.71. The molecule has 0 saturated heterocycles. The standard InChI is InChI=1S/C21H34O6/c1-20(2,12-22)14-26-18(24)16-8-6-5-7-9-17(11-10-16)19(25)27-15-21(3,4)13-23/h10-11,22-23H,5-9,12-15H2,1-4H3/b16-10-,17-11-. The van der Waals surface area contributed by atoms with E-state index in [9.17, 15) is 19.8 Å². The molecule has 154 valence electrons. The molecule has 0 amide bonds. The van der Waals surface area contributed by atoms with Crippen molar-refractivity contribution < 1.29 is 29.3 Å². The molecule has 0 aliphatic heterocycles. The minimum Gasteiger partial charge on any atom is -0.462 e. The summed E-state index contributed by atoms with van der Waals surface area (Å²) in [7, 11) is 0. The number of hydrogen-bond acceptors (Lipinski definition) is 6. The number of ether oxygens (including phenoxy) is 2. The second-order valence-corrected chi connectivity index (χ2v) is 8.74. The molecule has 2 N–H and O–H groups in total. The van der Waals surface area contributed by atoms with E-state index in [-0.39, 0.29) is 26.4 Å². The summed E-state index contributed by atoms with van der Waals surface area (Å²) in [4.78, 5) is 24.7. The van der Waals surface area contributed by atoms with Gasteiger partial charge < -0.3 is 19.7 Å². The molecular formula is C21H34O6. The molecule has 0 unspecified atom stereocenters. The van der Waals surface area contributed by atoms with Gasteiger partial charge in [-0.3, -0.25) is 0 Å². The zero-order valence-corrected chi connectivity index (χ0v) is 17.0. The number of aliphatic hydroxyl groups is 2. The summed E-state index contributed by atoms with van der Waals surface area (Å²) < 4.78 is 10.7. The Morgan fingerprint density at radius 3 is 1.52 bits per heavy atom. The normalized spacial score (nSPS) is 20.2. The number of carbonyl (C=O) groups excluding carboxylic acids is 2. The van der Waals surface area contributed by atoms with Crippen LogP contribution in [-0.2, 0) is 19.1 Å². The number of hydrogen-bond donors (Lipinski definition) is 2. The van der Waals surface area contributed by atoms with Crippen molar-refractivity contribution in [2.45, 2.75) is 59.8 Å². The molecule has 0 aromatic carbocycles. The first kappa shape index (κ1) is 23.4. The predicted octanol–water partition coefficient (Wildman–Crippen LogP) is 2.93. The molecular weight excluding hydrogens is 348 g/mol. The van der Waals surface area contributed by atoms with Gasteiger partial charge in [0.1, 0.15) is 0 Å². The van der Waals surface area contributed by atoms with Gasteiger partial charge in [-0.1, -0.05) is 46.3 Å². The van der Waals surface area contributed by atoms with Crippen molar-refractivity contribution in [1.82, 2.24) is 0 Å². The van der Waals surface area contributed by atoms with Crippen LogP contribution in [0.5, 0.6) is 0 Å². The molecule has 6 nitrogen and oxygen atoms in total. The maximum absolute atomic E-state index is 12.4. The minimum atomic E-state index is -0.487. The third-order valence-corrected chi connectivity index (χ3v) is 4.45. The minimum absolute atomic E-state index is 0.0700. The maximum atomic E-state index is 12.4. The van der Waals surface area contributed by atoms with Crippen molar-refractivity contribution in [3.63, 3.8) is 0 Å². The summed E-state index contributed by atoms with van der Waals surface area (Å²) in [6, 6.07) is 0. The van der Waals surface area contributed by atoms with E-state index in [0.717, 1.165) is 19.3 Å². The first-order chi connectivity index (χ1) is 12.6. The van der Waals surface area contributed by atoms with Gasteiger partial charge in [-0.2, -0.15) is 0 Å². The maximum Gasteiger partial charge on any atom is 0.334 e. The highest BCUT2D eigenvalue weighted by Crippen LogP contribution is 2.22. The first-order valence-electron chi connectivity index (χ1n) is 9.56. The van der Waals surface area contributed by atoms with Crippen molar-refractivity contribution in [1.29, 1.82) is 0 Å². The lowest BCUT2D eigenvalue weighted by Gasteiger charge is -2.21. The summed E-state index contributed by atoms with van der Waals surface area (Å²) in [5, 5.41) is 18.6. The van der Waals surface area contributed by atoms with Crippen molar-refractivity contribution in [3.8, 4) is 0 Å². The van der Waals surface area contributed by atoms with Crippen molar-refractivity contribution in [3.05, 3.63) is 23.3 Å². The van der Waals surface area contributed by atoms with Crippen LogP contribution in [0.2, 0.25) is 0 Å². The van der Waals surface area contributed by atoms with Crippen LogP contribution in [-0.4, -0.2) is 48.6 Å². The van der Waals surface area contributed by atoms with Gasteiger partial charge in [0.05, 0.1) is 26.4 Å². The van der Waals surface area contributed by atoms with Crippen LogP contribution in [0.4, 0.5) is 0 Å². The molecule has 0 saturated carbocycles. The zero-order chi connectivity index (χ0) is 20.5. The topological polar surface area (TPSA) is 93.1 Å². The smallest absolute Gasteiger partial charge is 0.334 e. The summed E-state index contributed by atoms with van der Waals surface area (Å²) >= 11 is 0. The molecule has 27 heavy (non-hydrogen) atoms. The predicted molar refractivity (Wildman–Crippen MR) is 103 cm³/mol. The van der Waals surface area contributed by atoms with E-state index in [1.54, 1.807) is 12.2 Å². The van der Waals surface area contributed by atoms with E-state index >= 15 is 0 Å². The molecule has 0 radical (unpaired) electrons. The number of carbonyl (C=O) groups is 2. The van der Waals surface area contributed by atoms with E-state index in [1.165, 1.54) is 0 Å². The van der Waals surface area contributed by atoms with Crippen LogP contribution < -0.4 is 0 Å². The number of esters is 2. The average molecular weight is 382 g/mol. The SMILES string of the molecule is CC(C)(CO)COC(=O)/C1=C\C=C(/C(=O)OCC(C)(C)CO)CCCCC1. The largest absolute Gasteiger partial charge is 0.462 e. The summed E-state index contributed by atoms with van der Waals surface area (Å²) in [5.41, 5.74) is 0.0659. The van der Waals surface area contributed by atoms with E-state index in [4.69, 9.17) is 9.47 Å². The fourth-order valence-corrected chi connectivity index (χ4v) is 2.31. The Bertz CT molecular complexity index is 521. The molecule has 0 aromatic heterocycles. The van der Waals surface area contributed by atoms with Crippen LogP contribution in [0.1, 0.15) is 59.8 Å². The number of allylic oxidation sites excluding steroid dienone is 2. The van der Waals surface area contributed by atoms with E-state index in [0.29, 0.717) is 24.0 Å². The molecule has 0 aromatic rings. The molecule has 1 rings (SSSR count). The average Bonchev–Trinajstić information content (AvgIpc) is 2.76. The van der Waals surface area contributed by atoms with E-state index in [1.807, 2.05) is 27.7 Å².